The fourth-order valence-corrected chi connectivity index (χ4v) is 2.02. The first-order chi connectivity index (χ1) is 9.13. The number of carbonyl (C=O) groups is 1. The van der Waals surface area contributed by atoms with Crippen molar-refractivity contribution in [2.45, 2.75) is 32.7 Å². The molecule has 0 unspecified atom stereocenters. The normalized spacial score (nSPS) is 13.1. The van der Waals surface area contributed by atoms with E-state index >= 15 is 0 Å². The molecule has 100 valence electrons. The highest BCUT2D eigenvalue weighted by Crippen LogP contribution is 2.19. The third-order valence-electron chi connectivity index (χ3n) is 2.62. The highest BCUT2D eigenvalue weighted by Gasteiger charge is 2.25. The monoisotopic (exact) mass is 283 g/mol. The Balaban J connectivity index is 2.35. The summed E-state index contributed by atoms with van der Waals surface area (Å²) in [6, 6.07) is 0. The number of carboxylic acid groups (broad SMARTS) is 1. The van der Waals surface area contributed by atoms with E-state index in [0.29, 0.717) is 18.1 Å². The number of rotatable bonds is 6. The summed E-state index contributed by atoms with van der Waals surface area (Å²) in [6.45, 7) is 2.19. The molecule has 0 spiro atoms. The summed E-state index contributed by atoms with van der Waals surface area (Å²) >= 11 is 5.88. The molecule has 0 bridgehead atoms. The van der Waals surface area contributed by atoms with Gasteiger partial charge in [-0.25, -0.2) is 9.78 Å². The Kier molecular flexibility index (Phi) is 4.03. The Morgan fingerprint density at radius 3 is 2.89 bits per heavy atom. The summed E-state index contributed by atoms with van der Waals surface area (Å²) in [7, 11) is 0. The van der Waals surface area contributed by atoms with Crippen molar-refractivity contribution in [2.24, 2.45) is 15.4 Å². The largest absolute Gasteiger partial charge is 0.476 e. The Hall–Kier alpha value is -2.05. The van der Waals surface area contributed by atoms with E-state index < -0.39 is 5.97 Å². The Morgan fingerprint density at radius 2 is 2.32 bits per heavy atom. The van der Waals surface area contributed by atoms with Gasteiger partial charge in [-0.2, -0.15) is 0 Å². The van der Waals surface area contributed by atoms with Crippen molar-refractivity contribution in [3.63, 3.8) is 0 Å². The van der Waals surface area contributed by atoms with E-state index in [1.165, 1.54) is 4.57 Å². The van der Waals surface area contributed by atoms with Gasteiger partial charge in [0.25, 0.3) is 5.22 Å². The predicted octanol–water partition coefficient (Wildman–Crippen LogP) is 1.88. The van der Waals surface area contributed by atoms with Crippen LogP contribution in [0.2, 0.25) is 5.15 Å². The zero-order chi connectivity index (χ0) is 13.8. The highest BCUT2D eigenvalue weighted by atomic mass is 35.5. The highest BCUT2D eigenvalue weighted by molar-refractivity contribution is 6.32. The van der Waals surface area contributed by atoms with Crippen molar-refractivity contribution in [1.82, 2.24) is 14.5 Å². The Bertz CT molecular complexity index is 599. The van der Waals surface area contributed by atoms with Gasteiger partial charge in [-0.3, -0.25) is 0 Å². The first-order valence-corrected chi connectivity index (χ1v) is 6.17. The smallest absolute Gasteiger partial charge is 0.355 e. The number of aromatic carboxylic acids is 1. The lowest BCUT2D eigenvalue weighted by Crippen LogP contribution is -2.16. The van der Waals surface area contributed by atoms with Crippen molar-refractivity contribution in [2.75, 3.05) is 0 Å². The fourth-order valence-electron chi connectivity index (χ4n) is 1.73. The number of nitrogens with zero attached hydrogens (tertiary/aromatic N) is 6. The van der Waals surface area contributed by atoms with Crippen LogP contribution in [0.5, 0.6) is 0 Å². The first-order valence-electron chi connectivity index (χ1n) is 5.79. The average molecular weight is 284 g/mol. The number of hydrogen-bond acceptors (Lipinski definition) is 5. The van der Waals surface area contributed by atoms with Crippen molar-refractivity contribution in [3.8, 4) is 0 Å². The van der Waals surface area contributed by atoms with Crippen LogP contribution in [0.25, 0.3) is 0 Å². The summed E-state index contributed by atoms with van der Waals surface area (Å²) in [5.74, 6) is -0.198. The maximum atomic E-state index is 11.2. The zero-order valence-corrected chi connectivity index (χ0v) is 11.0. The quantitative estimate of drug-likeness (QED) is 0.805. The maximum absolute atomic E-state index is 11.2. The van der Waals surface area contributed by atoms with Gasteiger partial charge in [-0.1, -0.05) is 24.9 Å². The van der Waals surface area contributed by atoms with Crippen LogP contribution >= 0.6 is 11.6 Å². The van der Waals surface area contributed by atoms with Crippen LogP contribution in [0.1, 0.15) is 36.1 Å². The number of amidine groups is 1. The van der Waals surface area contributed by atoms with Crippen molar-refractivity contribution < 1.29 is 9.90 Å². The molecule has 0 aliphatic carbocycles. The summed E-state index contributed by atoms with van der Waals surface area (Å²) in [6.07, 6.45) is 2.51. The summed E-state index contributed by atoms with van der Waals surface area (Å²) in [5.41, 5.74) is -0.0578. The van der Waals surface area contributed by atoms with Crippen LogP contribution in [-0.4, -0.2) is 26.5 Å². The molecule has 2 heterocycles. The molecule has 0 atom stereocenters. The Morgan fingerprint density at radius 1 is 1.53 bits per heavy atom. The molecule has 9 heteroatoms. The average Bonchev–Trinajstić information content (AvgIpc) is 2.95. The number of aromatic nitrogens is 2. The van der Waals surface area contributed by atoms with Crippen LogP contribution < -0.4 is 4.91 Å². The minimum atomic E-state index is -1.13. The van der Waals surface area contributed by atoms with Gasteiger partial charge < -0.3 is 9.67 Å². The molecule has 1 aliphatic heterocycles. The van der Waals surface area contributed by atoms with Gasteiger partial charge in [-0.05, 0) is 6.42 Å². The van der Waals surface area contributed by atoms with Crippen molar-refractivity contribution in [1.29, 1.82) is 0 Å². The molecule has 1 aromatic heterocycles. The zero-order valence-electron chi connectivity index (χ0n) is 10.2. The molecule has 19 heavy (non-hydrogen) atoms. The van der Waals surface area contributed by atoms with E-state index in [-0.39, 0.29) is 17.4 Å². The molecular formula is C10H12ClN6O2+. The molecule has 1 N–H and O–H groups in total. The second kappa shape index (κ2) is 5.73. The molecule has 1 aliphatic rings. The van der Waals surface area contributed by atoms with Crippen LogP contribution in [0.15, 0.2) is 15.4 Å². The lowest BCUT2D eigenvalue weighted by molar-refractivity contribution is 0.0686. The minimum Gasteiger partial charge on any atom is -0.476 e. The number of imidazole rings is 1. The molecule has 0 fully saturated rings. The van der Waals surface area contributed by atoms with Crippen LogP contribution in [0, 0.1) is 0 Å². The third-order valence-corrected chi connectivity index (χ3v) is 2.88. The molecule has 8 nitrogen and oxygen atoms in total. The Labute approximate surface area is 113 Å². The summed E-state index contributed by atoms with van der Waals surface area (Å²) in [4.78, 5) is 18.7. The fraction of sp³-hybridized carbons (Fsp3) is 0.500. The van der Waals surface area contributed by atoms with E-state index in [1.807, 2.05) is 6.92 Å². The number of aryl methyl sites for hydroxylation is 1. The molecule has 0 aromatic carbocycles. The van der Waals surface area contributed by atoms with E-state index in [9.17, 15) is 9.90 Å². The van der Waals surface area contributed by atoms with Gasteiger partial charge >= 0.3 is 11.8 Å². The number of unbranched alkanes of at least 4 members (excludes halogenated alkanes) is 1. The third kappa shape index (κ3) is 2.86. The van der Waals surface area contributed by atoms with E-state index in [4.69, 9.17) is 11.6 Å². The number of carboxylic acids is 1. The first kappa shape index (κ1) is 13.4. The topological polar surface area (TPSA) is 106 Å². The molecule has 0 radical (unpaired) electrons. The van der Waals surface area contributed by atoms with Gasteiger partial charge in [0.15, 0.2) is 10.8 Å². The van der Waals surface area contributed by atoms with Gasteiger partial charge in [0.05, 0.1) is 10.0 Å². The molecule has 0 saturated heterocycles. The second-order valence-electron chi connectivity index (χ2n) is 3.96. The number of hydrogen-bond donors (Lipinski definition) is 1. The van der Waals surface area contributed by atoms with Gasteiger partial charge in [-0.15, -0.1) is 0 Å². The van der Waals surface area contributed by atoms with Gasteiger partial charge in [0, 0.05) is 6.42 Å². The van der Waals surface area contributed by atoms with Crippen molar-refractivity contribution in [3.05, 3.63) is 16.7 Å². The molecule has 1 aromatic rings. The van der Waals surface area contributed by atoms with Crippen LogP contribution in [0.4, 0.5) is 0 Å². The van der Waals surface area contributed by atoms with Crippen LogP contribution in [-0.2, 0) is 13.0 Å². The van der Waals surface area contributed by atoms with Crippen molar-refractivity contribution >= 4 is 23.4 Å². The summed E-state index contributed by atoms with van der Waals surface area (Å²) in [5, 5.41) is 19.9. The van der Waals surface area contributed by atoms with Gasteiger partial charge in [0.1, 0.15) is 17.5 Å². The van der Waals surface area contributed by atoms with E-state index in [0.717, 1.165) is 12.8 Å². The SMILES string of the molecule is CCCCc1nc(Cl)c(C(=O)O)n1CC1=NN=[N+]=N1. The maximum Gasteiger partial charge on any atom is 0.355 e. The van der Waals surface area contributed by atoms with Crippen LogP contribution in [0.3, 0.4) is 0 Å². The predicted molar refractivity (Wildman–Crippen MR) is 67.2 cm³/mol. The van der Waals surface area contributed by atoms with E-state index in [1.54, 1.807) is 0 Å². The second-order valence-corrected chi connectivity index (χ2v) is 4.32. The molecule has 0 amide bonds. The standard InChI is InChI=1S/C10H11ClN6O2/c1-2-3-4-7-12-9(11)8(10(18)19)17(7)5-6-13-15-16-14-6/h2-5H2,1H3/p+1. The number of halogens is 1. The lowest BCUT2D eigenvalue weighted by Gasteiger charge is -2.05. The summed E-state index contributed by atoms with van der Waals surface area (Å²) < 4.78 is 1.50. The van der Waals surface area contributed by atoms with Gasteiger partial charge in [0.2, 0.25) is 0 Å². The lowest BCUT2D eigenvalue weighted by atomic mass is 10.2. The van der Waals surface area contributed by atoms with E-state index in [2.05, 4.69) is 25.3 Å². The molecule has 0 saturated carbocycles. The molecule has 2 rings (SSSR count). The molecular weight excluding hydrogens is 272 g/mol. The minimum absolute atomic E-state index is 0.0222.